The van der Waals surface area contributed by atoms with Crippen molar-refractivity contribution >= 4 is 0 Å². The van der Waals surface area contributed by atoms with Crippen LogP contribution in [-0.4, -0.2) is 31.6 Å². The average molecular weight is 134 g/mol. The van der Waals surface area contributed by atoms with Gasteiger partial charge in [-0.3, -0.25) is 10.9 Å². The Morgan fingerprint density at radius 3 is 2.78 bits per heavy atom. The molecular weight excluding hydrogens is 120 g/mol. The number of aliphatic hydroxyl groups excluding tert-OH is 1. The molecule has 0 aliphatic rings. The summed E-state index contributed by atoms with van der Waals surface area (Å²) in [6, 6.07) is 0. The first-order chi connectivity index (χ1) is 4.27. The largest absolute Gasteiger partial charge is 0.368 e. The molecule has 0 heterocycles. The van der Waals surface area contributed by atoms with Gasteiger partial charge in [-0.2, -0.15) is 0 Å². The SMILES string of the molecule is CNNCCOC(C)O. The molecule has 3 N–H and O–H groups in total. The van der Waals surface area contributed by atoms with Crippen LogP contribution in [0.3, 0.4) is 0 Å². The number of hydrogen-bond donors (Lipinski definition) is 3. The monoisotopic (exact) mass is 134 g/mol. The molecule has 1 atom stereocenters. The summed E-state index contributed by atoms with van der Waals surface area (Å²) in [7, 11) is 1.78. The molecule has 0 radical (unpaired) electrons. The van der Waals surface area contributed by atoms with E-state index in [0.717, 1.165) is 0 Å². The van der Waals surface area contributed by atoms with Gasteiger partial charge in [0.2, 0.25) is 0 Å². The predicted molar refractivity (Wildman–Crippen MR) is 34.7 cm³/mol. The first-order valence-electron chi connectivity index (χ1n) is 2.96. The zero-order chi connectivity index (χ0) is 7.11. The third-order valence-electron chi connectivity index (χ3n) is 0.763. The Kier molecular flexibility index (Phi) is 5.86. The number of ether oxygens (including phenoxy) is 1. The molecule has 1 unspecified atom stereocenters. The quantitative estimate of drug-likeness (QED) is 0.258. The Labute approximate surface area is 55.2 Å². The Balaban J connectivity index is 2.75. The van der Waals surface area contributed by atoms with Crippen LogP contribution in [0.1, 0.15) is 6.92 Å². The molecule has 0 aromatic rings. The second kappa shape index (κ2) is 5.97. The standard InChI is InChI=1S/C5H14N2O2/c1-5(8)9-4-3-7-6-2/h5-8H,3-4H2,1-2H3. The van der Waals surface area contributed by atoms with Crippen LogP contribution < -0.4 is 10.9 Å². The summed E-state index contributed by atoms with van der Waals surface area (Å²) in [4.78, 5) is 0. The van der Waals surface area contributed by atoms with Gasteiger partial charge in [-0.1, -0.05) is 0 Å². The van der Waals surface area contributed by atoms with Crippen molar-refractivity contribution in [2.45, 2.75) is 13.2 Å². The number of aliphatic hydroxyl groups is 1. The molecular formula is C5H14N2O2. The van der Waals surface area contributed by atoms with Gasteiger partial charge in [0.25, 0.3) is 0 Å². The van der Waals surface area contributed by atoms with Crippen molar-refractivity contribution in [2.75, 3.05) is 20.2 Å². The van der Waals surface area contributed by atoms with Gasteiger partial charge in [0.05, 0.1) is 6.61 Å². The Morgan fingerprint density at radius 1 is 1.67 bits per heavy atom. The maximum Gasteiger partial charge on any atom is 0.151 e. The molecule has 4 nitrogen and oxygen atoms in total. The lowest BCUT2D eigenvalue weighted by atomic mass is 10.7. The minimum atomic E-state index is -0.663. The van der Waals surface area contributed by atoms with E-state index in [1.807, 2.05) is 0 Å². The Morgan fingerprint density at radius 2 is 2.33 bits per heavy atom. The summed E-state index contributed by atoms with van der Waals surface area (Å²) in [6.45, 7) is 2.79. The molecule has 0 aliphatic heterocycles. The lowest BCUT2D eigenvalue weighted by Gasteiger charge is -2.05. The lowest BCUT2D eigenvalue weighted by molar-refractivity contribution is -0.0838. The molecule has 0 bridgehead atoms. The van der Waals surface area contributed by atoms with Crippen LogP contribution in [0.4, 0.5) is 0 Å². The van der Waals surface area contributed by atoms with Crippen molar-refractivity contribution in [1.29, 1.82) is 0 Å². The van der Waals surface area contributed by atoms with Crippen LogP contribution in [0, 0.1) is 0 Å². The highest BCUT2D eigenvalue weighted by molar-refractivity contribution is 4.34. The minimum absolute atomic E-state index is 0.512. The summed E-state index contributed by atoms with van der Waals surface area (Å²) in [6.07, 6.45) is -0.663. The Hall–Kier alpha value is -0.160. The van der Waals surface area contributed by atoms with Crippen LogP contribution in [0.5, 0.6) is 0 Å². The molecule has 0 spiro atoms. The van der Waals surface area contributed by atoms with Gasteiger partial charge in [0, 0.05) is 6.54 Å². The van der Waals surface area contributed by atoms with Crippen molar-refractivity contribution < 1.29 is 9.84 Å². The highest BCUT2D eigenvalue weighted by atomic mass is 16.6. The maximum atomic E-state index is 8.58. The molecule has 0 aromatic carbocycles. The van der Waals surface area contributed by atoms with E-state index in [1.54, 1.807) is 14.0 Å². The third-order valence-corrected chi connectivity index (χ3v) is 0.763. The third kappa shape index (κ3) is 7.84. The molecule has 0 amide bonds. The van der Waals surface area contributed by atoms with Crippen molar-refractivity contribution in [2.24, 2.45) is 0 Å². The summed E-state index contributed by atoms with van der Waals surface area (Å²) < 4.78 is 4.80. The first kappa shape index (κ1) is 8.84. The highest BCUT2D eigenvalue weighted by Gasteiger charge is 1.91. The van der Waals surface area contributed by atoms with Crippen LogP contribution >= 0.6 is 0 Å². The number of rotatable bonds is 5. The summed E-state index contributed by atoms with van der Waals surface area (Å²) in [5.74, 6) is 0. The van der Waals surface area contributed by atoms with E-state index in [1.165, 1.54) is 0 Å². The second-order valence-corrected chi connectivity index (χ2v) is 1.65. The molecule has 0 saturated heterocycles. The van der Waals surface area contributed by atoms with E-state index in [9.17, 15) is 0 Å². The lowest BCUT2D eigenvalue weighted by Crippen LogP contribution is -2.31. The summed E-state index contributed by atoms with van der Waals surface area (Å²) in [5.41, 5.74) is 5.55. The van der Waals surface area contributed by atoms with E-state index < -0.39 is 6.29 Å². The molecule has 56 valence electrons. The summed E-state index contributed by atoms with van der Waals surface area (Å²) >= 11 is 0. The number of hydrogen-bond acceptors (Lipinski definition) is 4. The minimum Gasteiger partial charge on any atom is -0.368 e. The fourth-order valence-electron chi connectivity index (χ4n) is 0.406. The van der Waals surface area contributed by atoms with Crippen molar-refractivity contribution in [1.82, 2.24) is 10.9 Å². The van der Waals surface area contributed by atoms with Gasteiger partial charge in [-0.15, -0.1) is 0 Å². The van der Waals surface area contributed by atoms with E-state index in [2.05, 4.69) is 10.9 Å². The van der Waals surface area contributed by atoms with Gasteiger partial charge in [-0.05, 0) is 14.0 Å². The van der Waals surface area contributed by atoms with E-state index in [-0.39, 0.29) is 0 Å². The van der Waals surface area contributed by atoms with Crippen LogP contribution in [0.15, 0.2) is 0 Å². The summed E-state index contributed by atoms with van der Waals surface area (Å²) in [5, 5.41) is 8.58. The fraction of sp³-hybridized carbons (Fsp3) is 1.00. The topological polar surface area (TPSA) is 53.5 Å². The molecule has 0 fully saturated rings. The van der Waals surface area contributed by atoms with Gasteiger partial charge in [0.15, 0.2) is 6.29 Å². The smallest absolute Gasteiger partial charge is 0.151 e. The zero-order valence-electron chi connectivity index (χ0n) is 5.85. The normalized spacial score (nSPS) is 13.7. The molecule has 0 saturated carbocycles. The van der Waals surface area contributed by atoms with E-state index >= 15 is 0 Å². The van der Waals surface area contributed by atoms with Gasteiger partial charge < -0.3 is 9.84 Å². The fourth-order valence-corrected chi connectivity index (χ4v) is 0.406. The van der Waals surface area contributed by atoms with Crippen LogP contribution in [0.25, 0.3) is 0 Å². The predicted octanol–water partition coefficient (Wildman–Crippen LogP) is -0.935. The molecule has 0 aromatic heterocycles. The first-order valence-corrected chi connectivity index (χ1v) is 2.96. The van der Waals surface area contributed by atoms with Crippen LogP contribution in [0.2, 0.25) is 0 Å². The maximum absolute atomic E-state index is 8.58. The average Bonchev–Trinajstić information content (AvgIpc) is 1.80. The van der Waals surface area contributed by atoms with Crippen molar-refractivity contribution in [3.05, 3.63) is 0 Å². The van der Waals surface area contributed by atoms with E-state index in [4.69, 9.17) is 9.84 Å². The van der Waals surface area contributed by atoms with Gasteiger partial charge in [0.1, 0.15) is 0 Å². The second-order valence-electron chi connectivity index (χ2n) is 1.65. The van der Waals surface area contributed by atoms with E-state index in [0.29, 0.717) is 13.2 Å². The molecule has 0 rings (SSSR count). The molecule has 9 heavy (non-hydrogen) atoms. The number of nitrogens with one attached hydrogen (secondary N) is 2. The molecule has 0 aliphatic carbocycles. The highest BCUT2D eigenvalue weighted by Crippen LogP contribution is 1.79. The van der Waals surface area contributed by atoms with Gasteiger partial charge >= 0.3 is 0 Å². The Bertz CT molecular complexity index is 58.9. The van der Waals surface area contributed by atoms with Crippen molar-refractivity contribution in [3.8, 4) is 0 Å². The number of hydrazine groups is 1. The van der Waals surface area contributed by atoms with Gasteiger partial charge in [-0.25, -0.2) is 0 Å². The molecule has 4 heteroatoms. The zero-order valence-corrected chi connectivity index (χ0v) is 5.85. The van der Waals surface area contributed by atoms with Crippen LogP contribution in [-0.2, 0) is 4.74 Å². The van der Waals surface area contributed by atoms with Crippen molar-refractivity contribution in [3.63, 3.8) is 0 Å².